The first-order chi connectivity index (χ1) is 12.2. The van der Waals surface area contributed by atoms with Crippen LogP contribution in [0, 0.1) is 5.41 Å². The van der Waals surface area contributed by atoms with E-state index in [4.69, 9.17) is 0 Å². The van der Waals surface area contributed by atoms with E-state index in [1.807, 2.05) is 11.0 Å². The van der Waals surface area contributed by atoms with Crippen LogP contribution in [0.3, 0.4) is 0 Å². The summed E-state index contributed by atoms with van der Waals surface area (Å²) in [6, 6.07) is 8.86. The summed E-state index contributed by atoms with van der Waals surface area (Å²) >= 11 is 0. The van der Waals surface area contributed by atoms with Gasteiger partial charge in [-0.15, -0.1) is 0 Å². The molecule has 0 spiro atoms. The summed E-state index contributed by atoms with van der Waals surface area (Å²) in [5, 5.41) is 5.57. The zero-order valence-electron chi connectivity index (χ0n) is 15.9. The summed E-state index contributed by atoms with van der Waals surface area (Å²) in [6.45, 7) is 7.45. The molecule has 2 N–H and O–H groups in total. The predicted octanol–water partition coefficient (Wildman–Crippen LogP) is 1.96. The zero-order valence-corrected chi connectivity index (χ0v) is 15.9. The molecule has 0 aromatic heterocycles. The van der Waals surface area contributed by atoms with Crippen LogP contribution in [0.15, 0.2) is 30.3 Å². The molecule has 1 aliphatic rings. The Morgan fingerprint density at radius 3 is 2.27 bits per heavy atom. The van der Waals surface area contributed by atoms with E-state index in [0.29, 0.717) is 25.1 Å². The minimum absolute atomic E-state index is 0.0148. The van der Waals surface area contributed by atoms with E-state index in [1.54, 1.807) is 24.3 Å². The highest BCUT2D eigenvalue weighted by atomic mass is 16.2. The smallest absolute Gasteiger partial charge is 0.251 e. The predicted molar refractivity (Wildman–Crippen MR) is 101 cm³/mol. The Morgan fingerprint density at radius 2 is 1.69 bits per heavy atom. The van der Waals surface area contributed by atoms with Gasteiger partial charge in [0.2, 0.25) is 11.8 Å². The van der Waals surface area contributed by atoms with Crippen LogP contribution in [0.4, 0.5) is 0 Å². The Bertz CT molecular complexity index is 629. The van der Waals surface area contributed by atoms with E-state index in [9.17, 15) is 14.4 Å². The molecule has 0 unspecified atom stereocenters. The summed E-state index contributed by atoms with van der Waals surface area (Å²) < 4.78 is 0. The molecule has 6 heteroatoms. The molecule has 1 aromatic rings. The monoisotopic (exact) mass is 359 g/mol. The molecule has 142 valence electrons. The number of nitrogens with zero attached hydrogens (tertiary/aromatic N) is 1. The summed E-state index contributed by atoms with van der Waals surface area (Å²) in [6.07, 6.45) is 2.03. The fraction of sp³-hybridized carbons (Fsp3) is 0.550. The van der Waals surface area contributed by atoms with Gasteiger partial charge in [0.25, 0.3) is 5.91 Å². The molecule has 1 fully saturated rings. The molecule has 1 heterocycles. The van der Waals surface area contributed by atoms with Gasteiger partial charge >= 0.3 is 0 Å². The summed E-state index contributed by atoms with van der Waals surface area (Å²) in [4.78, 5) is 38.1. The number of carbonyl (C=O) groups excluding carboxylic acids is 3. The molecular formula is C20H29N3O3. The molecule has 2 rings (SSSR count). The third-order valence-corrected chi connectivity index (χ3v) is 4.34. The highest BCUT2D eigenvalue weighted by Gasteiger charge is 2.26. The van der Waals surface area contributed by atoms with Crippen molar-refractivity contribution in [1.29, 1.82) is 0 Å². The van der Waals surface area contributed by atoms with Gasteiger partial charge in [-0.05, 0) is 30.4 Å². The van der Waals surface area contributed by atoms with E-state index < -0.39 is 0 Å². The van der Waals surface area contributed by atoms with Gasteiger partial charge in [0.1, 0.15) is 0 Å². The molecular weight excluding hydrogens is 330 g/mol. The second-order valence-electron chi connectivity index (χ2n) is 8.01. The first kappa shape index (κ1) is 19.9. The van der Waals surface area contributed by atoms with Crippen molar-refractivity contribution in [2.75, 3.05) is 19.6 Å². The van der Waals surface area contributed by atoms with Gasteiger partial charge in [-0.25, -0.2) is 0 Å². The molecule has 1 aromatic carbocycles. The van der Waals surface area contributed by atoms with Crippen LogP contribution in [0.25, 0.3) is 0 Å². The van der Waals surface area contributed by atoms with E-state index in [2.05, 4.69) is 31.4 Å². The fourth-order valence-electron chi connectivity index (χ4n) is 2.97. The number of nitrogens with one attached hydrogen (secondary N) is 2. The number of benzene rings is 1. The lowest BCUT2D eigenvalue weighted by molar-refractivity contribution is -0.134. The Labute approximate surface area is 155 Å². The maximum Gasteiger partial charge on any atom is 0.251 e. The van der Waals surface area contributed by atoms with Gasteiger partial charge in [-0.1, -0.05) is 39.0 Å². The van der Waals surface area contributed by atoms with Crippen LogP contribution in [-0.4, -0.2) is 48.3 Å². The maximum absolute atomic E-state index is 12.2. The van der Waals surface area contributed by atoms with Crippen LogP contribution < -0.4 is 10.6 Å². The molecule has 6 nitrogen and oxygen atoms in total. The molecule has 26 heavy (non-hydrogen) atoms. The van der Waals surface area contributed by atoms with Crippen molar-refractivity contribution in [3.63, 3.8) is 0 Å². The Balaban J connectivity index is 1.69. The minimum atomic E-state index is -0.261. The van der Waals surface area contributed by atoms with Crippen molar-refractivity contribution >= 4 is 17.7 Å². The lowest BCUT2D eigenvalue weighted by Gasteiger charge is -2.34. The average molecular weight is 359 g/mol. The number of hydrogen-bond donors (Lipinski definition) is 2. The van der Waals surface area contributed by atoms with Crippen LogP contribution >= 0.6 is 0 Å². The summed E-state index contributed by atoms with van der Waals surface area (Å²) in [5.41, 5.74) is 0.519. The molecule has 0 aliphatic carbocycles. The van der Waals surface area contributed by atoms with Crippen LogP contribution in [0.2, 0.25) is 0 Å². The number of piperidine rings is 1. The van der Waals surface area contributed by atoms with Crippen molar-refractivity contribution in [2.24, 2.45) is 5.41 Å². The Hall–Kier alpha value is -2.37. The number of hydrogen-bond acceptors (Lipinski definition) is 3. The fourth-order valence-corrected chi connectivity index (χ4v) is 2.97. The topological polar surface area (TPSA) is 78.5 Å². The summed E-state index contributed by atoms with van der Waals surface area (Å²) in [7, 11) is 0. The third-order valence-electron chi connectivity index (χ3n) is 4.34. The largest absolute Gasteiger partial charge is 0.352 e. The molecule has 3 amide bonds. The van der Waals surface area contributed by atoms with E-state index >= 15 is 0 Å². The second-order valence-corrected chi connectivity index (χ2v) is 8.01. The van der Waals surface area contributed by atoms with Gasteiger partial charge in [0, 0.05) is 31.1 Å². The third kappa shape index (κ3) is 6.50. The number of carbonyl (C=O) groups is 3. The standard InChI is InChI=1S/C20H29N3O3/c1-20(2,3)13-18(25)23-11-9-16(10-12-23)22-17(24)14-21-19(26)15-7-5-4-6-8-15/h4-8,16H,9-14H2,1-3H3,(H,21,26)(H,22,24). The van der Waals surface area contributed by atoms with Crippen LogP contribution in [0.1, 0.15) is 50.4 Å². The van der Waals surface area contributed by atoms with Crippen molar-refractivity contribution in [2.45, 2.75) is 46.1 Å². The normalized spacial score (nSPS) is 15.4. The highest BCUT2D eigenvalue weighted by molar-refractivity contribution is 5.96. The quantitative estimate of drug-likeness (QED) is 0.843. The lowest BCUT2D eigenvalue weighted by Crippen LogP contribution is -2.49. The summed E-state index contributed by atoms with van der Waals surface area (Å²) in [5.74, 6) is -0.283. The van der Waals surface area contributed by atoms with Crippen LogP contribution in [-0.2, 0) is 9.59 Å². The highest BCUT2D eigenvalue weighted by Crippen LogP contribution is 2.21. The zero-order chi connectivity index (χ0) is 19.2. The average Bonchev–Trinajstić information content (AvgIpc) is 2.59. The van der Waals surface area contributed by atoms with Gasteiger partial charge in [-0.3, -0.25) is 14.4 Å². The second kappa shape index (κ2) is 8.83. The van der Waals surface area contributed by atoms with Gasteiger partial charge in [0.15, 0.2) is 0 Å². The molecule has 0 bridgehead atoms. The van der Waals surface area contributed by atoms with Crippen molar-refractivity contribution in [1.82, 2.24) is 15.5 Å². The van der Waals surface area contributed by atoms with Crippen molar-refractivity contribution in [3.05, 3.63) is 35.9 Å². The van der Waals surface area contributed by atoms with Gasteiger partial charge in [-0.2, -0.15) is 0 Å². The number of amides is 3. The Morgan fingerprint density at radius 1 is 1.08 bits per heavy atom. The van der Waals surface area contributed by atoms with E-state index in [1.165, 1.54) is 0 Å². The molecule has 0 saturated carbocycles. The lowest BCUT2D eigenvalue weighted by atomic mass is 9.91. The molecule has 1 saturated heterocycles. The first-order valence-corrected chi connectivity index (χ1v) is 9.15. The van der Waals surface area contributed by atoms with E-state index in [0.717, 1.165) is 12.8 Å². The minimum Gasteiger partial charge on any atom is -0.352 e. The van der Waals surface area contributed by atoms with E-state index in [-0.39, 0.29) is 35.7 Å². The first-order valence-electron chi connectivity index (χ1n) is 9.15. The molecule has 0 atom stereocenters. The molecule has 0 radical (unpaired) electrons. The maximum atomic E-state index is 12.2. The number of likely N-dealkylation sites (tertiary alicyclic amines) is 1. The van der Waals surface area contributed by atoms with Crippen LogP contribution in [0.5, 0.6) is 0 Å². The van der Waals surface area contributed by atoms with Crippen molar-refractivity contribution < 1.29 is 14.4 Å². The number of rotatable bonds is 5. The Kier molecular flexibility index (Phi) is 6.77. The van der Waals surface area contributed by atoms with Gasteiger partial charge in [0.05, 0.1) is 6.54 Å². The molecule has 1 aliphatic heterocycles. The van der Waals surface area contributed by atoms with Gasteiger partial charge < -0.3 is 15.5 Å². The van der Waals surface area contributed by atoms with Crippen molar-refractivity contribution in [3.8, 4) is 0 Å². The SMILES string of the molecule is CC(C)(C)CC(=O)N1CCC(NC(=O)CNC(=O)c2ccccc2)CC1.